The highest BCUT2D eigenvalue weighted by molar-refractivity contribution is 6.40. The van der Waals surface area contributed by atoms with Crippen molar-refractivity contribution in [2.75, 3.05) is 13.2 Å². The van der Waals surface area contributed by atoms with Crippen LogP contribution in [0.3, 0.4) is 0 Å². The summed E-state index contributed by atoms with van der Waals surface area (Å²) < 4.78 is 24.5. The lowest BCUT2D eigenvalue weighted by Gasteiger charge is -2.23. The third kappa shape index (κ3) is 2.15. The number of ether oxygens (including phenoxy) is 2. The average molecular weight is 347 g/mol. The van der Waals surface area contributed by atoms with Gasteiger partial charge in [0.1, 0.15) is 13.2 Å². The molecule has 0 fully saturated rings. The van der Waals surface area contributed by atoms with Crippen LogP contribution in [0.15, 0.2) is 12.1 Å². The minimum absolute atomic E-state index is 0.0261. The molecule has 22 heavy (non-hydrogen) atoms. The topological polar surface area (TPSA) is 79.2 Å². The van der Waals surface area contributed by atoms with Gasteiger partial charge in [0.2, 0.25) is 5.75 Å². The Morgan fingerprint density at radius 2 is 1.59 bits per heavy atom. The second-order valence-electron chi connectivity index (χ2n) is 4.52. The van der Waals surface area contributed by atoms with Gasteiger partial charge in [-0.25, -0.2) is 4.39 Å². The quantitative estimate of drug-likeness (QED) is 0.686. The molecule has 0 bridgehead atoms. The summed E-state index contributed by atoms with van der Waals surface area (Å²) in [5, 5.41) is 28.7. The van der Waals surface area contributed by atoms with Gasteiger partial charge in [-0.15, -0.1) is 0 Å². The second-order valence-corrected chi connectivity index (χ2v) is 5.31. The molecule has 116 valence electrons. The second kappa shape index (κ2) is 5.30. The highest BCUT2D eigenvalue weighted by Gasteiger charge is 2.28. The fraction of sp³-hybridized carbons (Fsp3) is 0.143. The van der Waals surface area contributed by atoms with E-state index >= 15 is 0 Å². The molecule has 0 aromatic heterocycles. The maximum absolute atomic E-state index is 13.9. The maximum Gasteiger partial charge on any atom is 0.207 e. The molecular weight excluding hydrogens is 338 g/mol. The lowest BCUT2D eigenvalue weighted by atomic mass is 10.0. The maximum atomic E-state index is 13.9. The van der Waals surface area contributed by atoms with Crippen molar-refractivity contribution in [3.63, 3.8) is 0 Å². The molecule has 5 nitrogen and oxygen atoms in total. The lowest BCUT2D eigenvalue weighted by Crippen LogP contribution is -2.16. The van der Waals surface area contributed by atoms with Crippen LogP contribution >= 0.6 is 23.2 Å². The first-order valence-corrected chi connectivity index (χ1v) is 6.88. The lowest BCUT2D eigenvalue weighted by molar-refractivity contribution is 0.165. The van der Waals surface area contributed by atoms with E-state index < -0.39 is 23.1 Å². The zero-order valence-electron chi connectivity index (χ0n) is 10.9. The standard InChI is InChI=1S/C14H9Cl2FO5/c15-6-4-8(18)12(20)10(16)9(6)5-3-7(17)11(19)14-13(5)21-1-2-22-14/h3-4,18-20H,1-2H2. The minimum Gasteiger partial charge on any atom is -0.504 e. The van der Waals surface area contributed by atoms with Gasteiger partial charge in [-0.05, 0) is 6.07 Å². The van der Waals surface area contributed by atoms with Crippen LogP contribution in [-0.2, 0) is 0 Å². The van der Waals surface area contributed by atoms with Gasteiger partial charge in [-0.3, -0.25) is 0 Å². The first-order chi connectivity index (χ1) is 10.4. The Labute approximate surface area is 134 Å². The number of hydrogen-bond donors (Lipinski definition) is 3. The predicted molar refractivity (Wildman–Crippen MR) is 77.8 cm³/mol. The van der Waals surface area contributed by atoms with E-state index in [0.717, 1.165) is 12.1 Å². The normalized spacial score (nSPS) is 13.2. The van der Waals surface area contributed by atoms with E-state index in [9.17, 15) is 19.7 Å². The molecule has 0 amide bonds. The molecule has 0 aliphatic carbocycles. The van der Waals surface area contributed by atoms with Crippen LogP contribution in [0, 0.1) is 5.82 Å². The van der Waals surface area contributed by atoms with E-state index in [4.69, 9.17) is 32.7 Å². The first kappa shape index (κ1) is 14.9. The molecule has 3 N–H and O–H groups in total. The largest absolute Gasteiger partial charge is 0.504 e. The fourth-order valence-electron chi connectivity index (χ4n) is 2.19. The van der Waals surface area contributed by atoms with Crippen LogP contribution in [-0.4, -0.2) is 28.5 Å². The molecule has 2 aromatic rings. The van der Waals surface area contributed by atoms with Crippen LogP contribution in [0.25, 0.3) is 11.1 Å². The van der Waals surface area contributed by atoms with E-state index in [-0.39, 0.29) is 45.9 Å². The number of phenols is 3. The number of hydrogen-bond acceptors (Lipinski definition) is 5. The number of fused-ring (bicyclic) bond motifs is 1. The molecule has 1 aliphatic heterocycles. The van der Waals surface area contributed by atoms with Crippen molar-refractivity contribution >= 4 is 23.2 Å². The predicted octanol–water partition coefficient (Wildman–Crippen LogP) is 3.69. The van der Waals surface area contributed by atoms with Crippen molar-refractivity contribution in [1.29, 1.82) is 0 Å². The van der Waals surface area contributed by atoms with Gasteiger partial charge in [0.15, 0.2) is 28.8 Å². The highest BCUT2D eigenvalue weighted by atomic mass is 35.5. The summed E-state index contributed by atoms with van der Waals surface area (Å²) in [6.45, 7) is 0.329. The van der Waals surface area contributed by atoms with Crippen molar-refractivity contribution in [2.45, 2.75) is 0 Å². The van der Waals surface area contributed by atoms with Crippen LogP contribution in [0.4, 0.5) is 4.39 Å². The molecule has 0 unspecified atom stereocenters. The molecule has 0 saturated heterocycles. The Morgan fingerprint density at radius 1 is 0.955 bits per heavy atom. The molecule has 1 heterocycles. The summed E-state index contributed by atoms with van der Waals surface area (Å²) in [4.78, 5) is 0. The molecular formula is C14H9Cl2FO5. The Bertz CT molecular complexity index is 779. The third-order valence-electron chi connectivity index (χ3n) is 3.18. The fourth-order valence-corrected chi connectivity index (χ4v) is 2.84. The van der Waals surface area contributed by atoms with Crippen LogP contribution in [0.5, 0.6) is 28.7 Å². The van der Waals surface area contributed by atoms with Crippen LogP contribution in [0.2, 0.25) is 10.0 Å². The summed E-state index contributed by atoms with van der Waals surface area (Å²) in [6, 6.07) is 2.03. The Hall–Kier alpha value is -2.05. The van der Waals surface area contributed by atoms with Gasteiger partial charge in [0.05, 0.1) is 10.0 Å². The van der Waals surface area contributed by atoms with Gasteiger partial charge < -0.3 is 24.8 Å². The molecule has 0 radical (unpaired) electrons. The monoisotopic (exact) mass is 346 g/mol. The van der Waals surface area contributed by atoms with Gasteiger partial charge in [-0.2, -0.15) is 0 Å². The molecule has 0 atom stereocenters. The summed E-state index contributed by atoms with van der Waals surface area (Å²) in [5.41, 5.74) is 0.148. The summed E-state index contributed by atoms with van der Waals surface area (Å²) in [5.74, 6) is -2.86. The Balaban J connectivity index is 2.35. The van der Waals surface area contributed by atoms with Crippen molar-refractivity contribution in [3.8, 4) is 39.9 Å². The molecule has 2 aromatic carbocycles. The first-order valence-electron chi connectivity index (χ1n) is 6.13. The van der Waals surface area contributed by atoms with E-state index in [1.54, 1.807) is 0 Å². The van der Waals surface area contributed by atoms with E-state index in [1.165, 1.54) is 0 Å². The number of rotatable bonds is 1. The van der Waals surface area contributed by atoms with Gasteiger partial charge in [0.25, 0.3) is 0 Å². The summed E-state index contributed by atoms with van der Waals surface area (Å²) >= 11 is 12.0. The van der Waals surface area contributed by atoms with Gasteiger partial charge in [0, 0.05) is 17.2 Å². The smallest absolute Gasteiger partial charge is 0.207 e. The van der Waals surface area contributed by atoms with E-state index in [0.29, 0.717) is 0 Å². The number of benzene rings is 2. The number of phenolic OH excluding ortho intramolecular Hbond substituents is 3. The Morgan fingerprint density at radius 3 is 2.27 bits per heavy atom. The van der Waals surface area contributed by atoms with Crippen molar-refractivity contribution in [3.05, 3.63) is 28.0 Å². The van der Waals surface area contributed by atoms with Crippen molar-refractivity contribution in [2.24, 2.45) is 0 Å². The zero-order chi connectivity index (χ0) is 16.0. The molecule has 0 spiro atoms. The molecule has 3 rings (SSSR count). The van der Waals surface area contributed by atoms with Crippen LogP contribution < -0.4 is 9.47 Å². The third-order valence-corrected chi connectivity index (χ3v) is 3.85. The van der Waals surface area contributed by atoms with Crippen LogP contribution in [0.1, 0.15) is 0 Å². The van der Waals surface area contributed by atoms with Gasteiger partial charge >= 0.3 is 0 Å². The summed E-state index contributed by atoms with van der Waals surface area (Å²) in [7, 11) is 0. The number of halogens is 3. The number of aromatic hydroxyl groups is 3. The van der Waals surface area contributed by atoms with E-state index in [1.807, 2.05) is 0 Å². The van der Waals surface area contributed by atoms with Crippen molar-refractivity contribution < 1.29 is 29.2 Å². The van der Waals surface area contributed by atoms with Crippen molar-refractivity contribution in [1.82, 2.24) is 0 Å². The molecule has 0 saturated carbocycles. The molecule has 8 heteroatoms. The van der Waals surface area contributed by atoms with Gasteiger partial charge in [-0.1, -0.05) is 23.2 Å². The summed E-state index contributed by atoms with van der Waals surface area (Å²) in [6.07, 6.45) is 0. The van der Waals surface area contributed by atoms with E-state index in [2.05, 4.69) is 0 Å². The highest BCUT2D eigenvalue weighted by Crippen LogP contribution is 2.52. The zero-order valence-corrected chi connectivity index (χ0v) is 12.4. The SMILES string of the molecule is Oc1cc(Cl)c(-c2cc(F)c(O)c3c2OCCO3)c(Cl)c1O. The molecule has 1 aliphatic rings. The minimum atomic E-state index is -0.959. The Kier molecular flexibility index (Phi) is 3.58. The average Bonchev–Trinajstić information content (AvgIpc) is 2.50.